The molecule has 1 aromatic carbocycles. The molecule has 198 valence electrons. The molecule has 0 amide bonds. The number of hydrogen-bond acceptors (Lipinski definition) is 7. The van der Waals surface area contributed by atoms with Crippen LogP contribution in [-0.2, 0) is 0 Å². The minimum Gasteiger partial charge on any atom is -0.391 e. The van der Waals surface area contributed by atoms with E-state index >= 15 is 0 Å². The Morgan fingerprint density at radius 1 is 1.10 bits per heavy atom. The molecule has 39 heavy (non-hydrogen) atoms. The zero-order chi connectivity index (χ0) is 26.5. The van der Waals surface area contributed by atoms with Gasteiger partial charge in [0, 0.05) is 51.6 Å². The Hall–Kier alpha value is -3.59. The van der Waals surface area contributed by atoms with Gasteiger partial charge in [-0.05, 0) is 69.0 Å². The number of benzene rings is 1. The molecule has 9 heteroatoms. The molecule has 5 heterocycles. The topological polar surface area (TPSA) is 103 Å². The summed E-state index contributed by atoms with van der Waals surface area (Å²) in [6.07, 6.45) is 9.09. The van der Waals surface area contributed by atoms with Gasteiger partial charge in [-0.15, -0.1) is 0 Å². The van der Waals surface area contributed by atoms with Crippen molar-refractivity contribution in [2.45, 2.75) is 43.7 Å². The summed E-state index contributed by atoms with van der Waals surface area (Å²) in [5, 5.41) is 16.8. The predicted molar refractivity (Wildman–Crippen MR) is 155 cm³/mol. The summed E-state index contributed by atoms with van der Waals surface area (Å²) >= 11 is 6.51. The molecule has 4 aromatic heterocycles. The Morgan fingerprint density at radius 2 is 1.97 bits per heavy atom. The molecule has 5 aromatic rings. The Balaban J connectivity index is 1.42. The van der Waals surface area contributed by atoms with Crippen molar-refractivity contribution in [3.05, 3.63) is 65.6 Å². The molecule has 0 spiro atoms. The van der Waals surface area contributed by atoms with Gasteiger partial charge in [0.1, 0.15) is 11.5 Å². The number of rotatable bonds is 7. The molecule has 3 N–H and O–H groups in total. The highest BCUT2D eigenvalue weighted by atomic mass is 35.5. The second kappa shape index (κ2) is 9.86. The molecule has 8 nitrogen and oxygen atoms in total. The van der Waals surface area contributed by atoms with E-state index in [-0.39, 0.29) is 6.04 Å². The molecule has 0 radical (unpaired) electrons. The van der Waals surface area contributed by atoms with Crippen molar-refractivity contribution >= 4 is 39.4 Å². The predicted octanol–water partition coefficient (Wildman–Crippen LogP) is 5.32. The molecule has 7 rings (SSSR count). The van der Waals surface area contributed by atoms with Gasteiger partial charge in [-0.2, -0.15) is 0 Å². The Bertz CT molecular complexity index is 1680. The monoisotopic (exact) mass is 539 g/mol. The van der Waals surface area contributed by atoms with Crippen LogP contribution in [0.1, 0.15) is 37.2 Å². The second-order valence-electron chi connectivity index (χ2n) is 10.6. The number of hydrogen-bond donors (Lipinski definition) is 3. The van der Waals surface area contributed by atoms with Gasteiger partial charge in [0.05, 0.1) is 23.9 Å². The lowest BCUT2D eigenvalue weighted by Crippen LogP contribution is -2.38. The quantitative estimate of drug-likeness (QED) is 0.257. The highest BCUT2D eigenvalue weighted by molar-refractivity contribution is 6.33. The van der Waals surface area contributed by atoms with E-state index in [2.05, 4.69) is 31.2 Å². The van der Waals surface area contributed by atoms with Crippen molar-refractivity contribution in [1.82, 2.24) is 30.2 Å². The van der Waals surface area contributed by atoms with Crippen molar-refractivity contribution in [3.8, 4) is 22.6 Å². The summed E-state index contributed by atoms with van der Waals surface area (Å²) < 4.78 is 0. The first kappa shape index (κ1) is 24.5. The molecule has 1 saturated heterocycles. The van der Waals surface area contributed by atoms with Gasteiger partial charge in [-0.25, -0.2) is 15.0 Å². The maximum absolute atomic E-state index is 10.9. The number of nitrogens with zero attached hydrogens (tertiary/aromatic N) is 5. The van der Waals surface area contributed by atoms with Crippen LogP contribution in [0.4, 0.5) is 5.82 Å². The van der Waals surface area contributed by atoms with E-state index in [1.54, 1.807) is 6.20 Å². The lowest BCUT2D eigenvalue weighted by atomic mass is 10.0. The summed E-state index contributed by atoms with van der Waals surface area (Å²) in [6.45, 7) is 1.57. The van der Waals surface area contributed by atoms with Crippen LogP contribution in [0.25, 0.3) is 44.6 Å². The number of anilines is 1. The van der Waals surface area contributed by atoms with E-state index in [4.69, 9.17) is 21.6 Å². The van der Waals surface area contributed by atoms with Crippen LogP contribution < -0.4 is 10.2 Å². The van der Waals surface area contributed by atoms with Crippen LogP contribution in [0.5, 0.6) is 0 Å². The van der Waals surface area contributed by atoms with E-state index in [1.165, 1.54) is 5.56 Å². The summed E-state index contributed by atoms with van der Waals surface area (Å²) in [5.41, 5.74) is 5.50. The van der Waals surface area contributed by atoms with Crippen LogP contribution in [0.3, 0.4) is 0 Å². The first-order chi connectivity index (χ1) is 19.1. The summed E-state index contributed by atoms with van der Waals surface area (Å²) in [5.74, 6) is 2.01. The van der Waals surface area contributed by atoms with Crippen molar-refractivity contribution in [2.75, 3.05) is 25.0 Å². The highest BCUT2D eigenvalue weighted by Gasteiger charge is 2.36. The lowest BCUT2D eigenvalue weighted by molar-refractivity contribution is 0.160. The lowest BCUT2D eigenvalue weighted by Gasteiger charge is -2.29. The SMILES string of the molecule is CNCC[C@H]1[C@H](O)CCN1c1nc(-c2ccnc3[nH]c(-c4ccccc4Cl)cc23)nc2cncc(C3CC3)c12. The van der Waals surface area contributed by atoms with Gasteiger partial charge < -0.3 is 20.3 Å². The molecule has 0 unspecified atom stereocenters. The molecule has 0 bridgehead atoms. The van der Waals surface area contributed by atoms with Crippen molar-refractivity contribution in [2.24, 2.45) is 0 Å². The highest BCUT2D eigenvalue weighted by Crippen LogP contribution is 2.46. The van der Waals surface area contributed by atoms with Gasteiger partial charge >= 0.3 is 0 Å². The number of aromatic amines is 1. The molecule has 2 atom stereocenters. The number of aromatic nitrogens is 5. The zero-order valence-electron chi connectivity index (χ0n) is 21.7. The normalized spacial score (nSPS) is 19.4. The number of fused-ring (bicyclic) bond motifs is 2. The zero-order valence-corrected chi connectivity index (χ0v) is 22.5. The van der Waals surface area contributed by atoms with Gasteiger partial charge in [0.2, 0.25) is 0 Å². The van der Waals surface area contributed by atoms with E-state index in [0.29, 0.717) is 16.8 Å². The van der Waals surface area contributed by atoms with Crippen LogP contribution in [0, 0.1) is 0 Å². The molecule has 2 aliphatic rings. The average molecular weight is 540 g/mol. The Labute approximate surface area is 231 Å². The van der Waals surface area contributed by atoms with Gasteiger partial charge in [0.15, 0.2) is 5.82 Å². The van der Waals surface area contributed by atoms with Crippen LogP contribution in [-0.4, -0.2) is 62.3 Å². The standard InChI is InChI=1S/C30H30ClN7O/c1-32-11-9-25-26(39)10-13-38(25)30-27-21(17-6-7-17)15-33-16-24(27)36-29(37-30)18-8-12-34-28-20(18)14-23(35-28)19-4-2-3-5-22(19)31/h2-5,8,12,14-17,25-26,32,39H,6-7,9-11,13H2,1H3,(H,34,35)/t25-,26+/m0/s1. The van der Waals surface area contributed by atoms with E-state index in [1.807, 2.05) is 49.8 Å². The first-order valence-electron chi connectivity index (χ1n) is 13.6. The smallest absolute Gasteiger partial charge is 0.163 e. The average Bonchev–Trinajstić information content (AvgIpc) is 3.61. The number of aliphatic hydroxyl groups excluding tert-OH is 1. The molecule has 1 aliphatic carbocycles. The van der Waals surface area contributed by atoms with E-state index in [0.717, 1.165) is 83.3 Å². The number of halogens is 1. The van der Waals surface area contributed by atoms with Gasteiger partial charge in [-0.1, -0.05) is 29.8 Å². The first-order valence-corrected chi connectivity index (χ1v) is 14.0. The molecule has 1 saturated carbocycles. The third kappa shape index (κ3) is 4.33. The largest absolute Gasteiger partial charge is 0.391 e. The van der Waals surface area contributed by atoms with E-state index < -0.39 is 6.10 Å². The Kier molecular flexibility index (Phi) is 6.18. The van der Waals surface area contributed by atoms with Gasteiger partial charge in [0.25, 0.3) is 0 Å². The minimum atomic E-state index is -0.395. The molecule has 2 fully saturated rings. The fourth-order valence-corrected chi connectivity index (χ4v) is 6.15. The van der Waals surface area contributed by atoms with Crippen LogP contribution >= 0.6 is 11.6 Å². The molecular formula is C30H30ClN7O. The van der Waals surface area contributed by atoms with Crippen LogP contribution in [0.15, 0.2) is 55.0 Å². The maximum atomic E-state index is 10.9. The van der Waals surface area contributed by atoms with E-state index in [9.17, 15) is 5.11 Å². The third-order valence-electron chi connectivity index (χ3n) is 8.04. The van der Waals surface area contributed by atoms with Gasteiger partial charge in [-0.3, -0.25) is 4.98 Å². The van der Waals surface area contributed by atoms with Crippen molar-refractivity contribution < 1.29 is 5.11 Å². The fraction of sp³-hybridized carbons (Fsp3) is 0.333. The number of nitrogens with one attached hydrogen (secondary N) is 2. The summed E-state index contributed by atoms with van der Waals surface area (Å²) in [4.78, 5) is 25.2. The van der Waals surface area contributed by atoms with Crippen molar-refractivity contribution in [3.63, 3.8) is 0 Å². The second-order valence-corrected chi connectivity index (χ2v) is 11.0. The number of pyridine rings is 2. The summed E-state index contributed by atoms with van der Waals surface area (Å²) in [7, 11) is 1.95. The summed E-state index contributed by atoms with van der Waals surface area (Å²) in [6, 6.07) is 11.8. The van der Waals surface area contributed by atoms with Crippen LogP contribution in [0.2, 0.25) is 5.02 Å². The number of H-pyrrole nitrogens is 1. The fourth-order valence-electron chi connectivity index (χ4n) is 5.91. The third-order valence-corrected chi connectivity index (χ3v) is 8.37. The molecule has 1 aliphatic heterocycles. The molecular weight excluding hydrogens is 510 g/mol. The number of aliphatic hydroxyl groups is 1. The maximum Gasteiger partial charge on any atom is 0.163 e. The Morgan fingerprint density at radius 3 is 2.79 bits per heavy atom. The van der Waals surface area contributed by atoms with Crippen molar-refractivity contribution in [1.29, 1.82) is 0 Å². The minimum absolute atomic E-state index is 0.0137.